The number of methoxy groups -OCH3 is 1. The Morgan fingerprint density at radius 3 is 2.63 bits per heavy atom. The second-order valence-electron chi connectivity index (χ2n) is 7.31. The fourth-order valence-corrected chi connectivity index (χ4v) is 3.29. The number of anilines is 1. The second-order valence-corrected chi connectivity index (χ2v) is 7.31. The third-order valence-electron chi connectivity index (χ3n) is 4.93. The largest absolute Gasteiger partial charge is 0.493 e. The molecule has 0 saturated carbocycles. The van der Waals surface area contributed by atoms with Gasteiger partial charge in [-0.2, -0.15) is 0 Å². The summed E-state index contributed by atoms with van der Waals surface area (Å²) in [5.74, 6) is 1.64. The Morgan fingerprint density at radius 1 is 1.10 bits per heavy atom. The van der Waals surface area contributed by atoms with Gasteiger partial charge in [0.15, 0.2) is 17.3 Å². The van der Waals surface area contributed by atoms with Crippen LogP contribution < -0.4 is 14.4 Å². The van der Waals surface area contributed by atoms with E-state index in [9.17, 15) is 4.79 Å². The summed E-state index contributed by atoms with van der Waals surface area (Å²) >= 11 is 0. The quantitative estimate of drug-likeness (QED) is 0.602. The summed E-state index contributed by atoms with van der Waals surface area (Å²) in [6, 6.07) is 15.2. The number of hydrogen-bond donors (Lipinski definition) is 0. The van der Waals surface area contributed by atoms with Crippen LogP contribution >= 0.6 is 0 Å². The first kappa shape index (κ1) is 19.8. The zero-order valence-corrected chi connectivity index (χ0v) is 17.3. The van der Waals surface area contributed by atoms with E-state index in [2.05, 4.69) is 9.97 Å². The number of carbonyl (C=O) groups is 1. The van der Waals surface area contributed by atoms with E-state index in [1.807, 2.05) is 67.5 Å². The summed E-state index contributed by atoms with van der Waals surface area (Å²) in [4.78, 5) is 25.8. The van der Waals surface area contributed by atoms with Crippen molar-refractivity contribution in [2.45, 2.75) is 6.54 Å². The predicted octanol–water partition coefficient (Wildman–Crippen LogP) is 3.25. The molecule has 1 amide bonds. The number of likely N-dealkylation sites (N-methyl/N-ethyl adjacent to an activating group) is 1. The van der Waals surface area contributed by atoms with Gasteiger partial charge in [0.25, 0.3) is 5.91 Å². The van der Waals surface area contributed by atoms with Crippen molar-refractivity contribution in [3.05, 3.63) is 66.0 Å². The highest BCUT2D eigenvalue weighted by Crippen LogP contribution is 2.35. The molecule has 1 aliphatic heterocycles. The van der Waals surface area contributed by atoms with E-state index >= 15 is 0 Å². The van der Waals surface area contributed by atoms with Crippen molar-refractivity contribution in [3.8, 4) is 22.9 Å². The fourth-order valence-electron chi connectivity index (χ4n) is 3.29. The first-order valence-corrected chi connectivity index (χ1v) is 9.75. The summed E-state index contributed by atoms with van der Waals surface area (Å²) < 4.78 is 11.3. The molecule has 0 N–H and O–H groups in total. The molecule has 0 unspecified atom stereocenters. The van der Waals surface area contributed by atoms with Crippen LogP contribution in [-0.4, -0.2) is 55.1 Å². The van der Waals surface area contributed by atoms with Gasteiger partial charge in [-0.1, -0.05) is 30.3 Å². The van der Waals surface area contributed by atoms with Gasteiger partial charge in [-0.3, -0.25) is 4.79 Å². The van der Waals surface area contributed by atoms with E-state index in [-0.39, 0.29) is 5.91 Å². The van der Waals surface area contributed by atoms with Gasteiger partial charge in [0.2, 0.25) is 0 Å². The third kappa shape index (κ3) is 3.97. The molecule has 154 valence electrons. The van der Waals surface area contributed by atoms with Gasteiger partial charge in [-0.15, -0.1) is 0 Å². The molecule has 4 rings (SSSR count). The van der Waals surface area contributed by atoms with Crippen LogP contribution in [0.15, 0.2) is 54.7 Å². The lowest BCUT2D eigenvalue weighted by atomic mass is 10.2. The van der Waals surface area contributed by atoms with Crippen LogP contribution in [0.2, 0.25) is 0 Å². The molecular weight excluding hydrogens is 380 g/mol. The predicted molar refractivity (Wildman–Crippen MR) is 115 cm³/mol. The van der Waals surface area contributed by atoms with Crippen molar-refractivity contribution in [2.24, 2.45) is 0 Å². The van der Waals surface area contributed by atoms with E-state index in [1.54, 1.807) is 18.2 Å². The highest BCUT2D eigenvalue weighted by molar-refractivity contribution is 6.08. The first-order valence-electron chi connectivity index (χ1n) is 9.75. The number of fused-ring (bicyclic) bond motifs is 1. The molecule has 30 heavy (non-hydrogen) atoms. The van der Waals surface area contributed by atoms with Crippen molar-refractivity contribution in [1.29, 1.82) is 0 Å². The average Bonchev–Trinajstić information content (AvgIpc) is 3.10. The molecular formula is C23H24N4O3. The van der Waals surface area contributed by atoms with Gasteiger partial charge >= 0.3 is 0 Å². The molecule has 0 spiro atoms. The van der Waals surface area contributed by atoms with Crippen LogP contribution in [0, 0.1) is 0 Å². The molecule has 7 heteroatoms. The Hall–Kier alpha value is -3.45. The first-order chi connectivity index (χ1) is 14.6. The van der Waals surface area contributed by atoms with Gasteiger partial charge in [0, 0.05) is 35.6 Å². The van der Waals surface area contributed by atoms with Crippen LogP contribution in [0.5, 0.6) is 11.5 Å². The number of hydrogen-bond acceptors (Lipinski definition) is 6. The smallest absolute Gasteiger partial charge is 0.277 e. The Morgan fingerprint density at radius 2 is 1.90 bits per heavy atom. The van der Waals surface area contributed by atoms with Gasteiger partial charge in [0.1, 0.15) is 12.3 Å². The summed E-state index contributed by atoms with van der Waals surface area (Å²) in [6.45, 7) is 1.77. The number of rotatable bonds is 7. The van der Waals surface area contributed by atoms with E-state index in [0.29, 0.717) is 36.2 Å². The summed E-state index contributed by atoms with van der Waals surface area (Å²) in [6.07, 6.45) is 1.73. The molecule has 1 aliphatic rings. The van der Waals surface area contributed by atoms with E-state index in [4.69, 9.17) is 9.47 Å². The maximum absolute atomic E-state index is 13.1. The Bertz CT molecular complexity index is 1050. The zero-order chi connectivity index (χ0) is 21.1. The summed E-state index contributed by atoms with van der Waals surface area (Å²) in [5, 5.41) is 0. The molecule has 1 aromatic heterocycles. The molecule has 7 nitrogen and oxygen atoms in total. The molecule has 0 aliphatic carbocycles. The van der Waals surface area contributed by atoms with Gasteiger partial charge in [-0.25, -0.2) is 9.97 Å². The average molecular weight is 404 g/mol. The van der Waals surface area contributed by atoms with E-state index < -0.39 is 0 Å². The lowest BCUT2D eigenvalue weighted by Gasteiger charge is -2.18. The fraction of sp³-hybridized carbons (Fsp3) is 0.261. The molecule has 0 fully saturated rings. The van der Waals surface area contributed by atoms with Crippen molar-refractivity contribution in [2.75, 3.05) is 39.3 Å². The Labute approximate surface area is 175 Å². The van der Waals surface area contributed by atoms with Crippen LogP contribution in [0.1, 0.15) is 16.1 Å². The monoisotopic (exact) mass is 404 g/mol. The number of carbonyl (C=O) groups excluding carboxylic acids is 1. The standard InChI is InChI=1S/C23H24N4O3/c1-26(2)11-12-30-19-10-9-18(13-20(19)29-3)27-15-17-14-24-22(25-21(17)23(27)28)16-7-5-4-6-8-16/h4-10,13-14H,11-12,15H2,1-3H3. The minimum absolute atomic E-state index is 0.145. The molecule has 2 heterocycles. The number of benzene rings is 2. The number of amides is 1. The molecule has 0 bridgehead atoms. The van der Waals surface area contributed by atoms with Crippen LogP contribution in [-0.2, 0) is 6.54 Å². The third-order valence-corrected chi connectivity index (χ3v) is 4.93. The van der Waals surface area contributed by atoms with Crippen molar-refractivity contribution < 1.29 is 14.3 Å². The summed E-state index contributed by atoms with van der Waals surface area (Å²) in [5.41, 5.74) is 2.86. The van der Waals surface area contributed by atoms with Gasteiger partial charge in [-0.05, 0) is 26.2 Å². The number of aromatic nitrogens is 2. The normalized spacial score (nSPS) is 12.9. The van der Waals surface area contributed by atoms with Gasteiger partial charge in [0.05, 0.1) is 13.7 Å². The lowest BCUT2D eigenvalue weighted by Crippen LogP contribution is -2.23. The Balaban J connectivity index is 1.56. The number of nitrogens with zero attached hydrogens (tertiary/aromatic N) is 4. The lowest BCUT2D eigenvalue weighted by molar-refractivity contribution is 0.0992. The molecule has 2 aromatic carbocycles. The van der Waals surface area contributed by atoms with Crippen molar-refractivity contribution in [1.82, 2.24) is 14.9 Å². The molecule has 0 atom stereocenters. The van der Waals surface area contributed by atoms with Crippen molar-refractivity contribution in [3.63, 3.8) is 0 Å². The molecule has 0 radical (unpaired) electrons. The van der Waals surface area contributed by atoms with Crippen molar-refractivity contribution >= 4 is 11.6 Å². The molecule has 0 saturated heterocycles. The summed E-state index contributed by atoms with van der Waals surface area (Å²) in [7, 11) is 5.58. The highest BCUT2D eigenvalue weighted by atomic mass is 16.5. The maximum atomic E-state index is 13.1. The van der Waals surface area contributed by atoms with Gasteiger partial charge < -0.3 is 19.3 Å². The maximum Gasteiger partial charge on any atom is 0.277 e. The van der Waals surface area contributed by atoms with E-state index in [0.717, 1.165) is 23.4 Å². The minimum Gasteiger partial charge on any atom is -0.493 e. The topological polar surface area (TPSA) is 67.8 Å². The van der Waals surface area contributed by atoms with E-state index in [1.165, 1.54) is 0 Å². The Kier molecular flexibility index (Phi) is 5.63. The van der Waals surface area contributed by atoms with Crippen LogP contribution in [0.4, 0.5) is 5.69 Å². The van der Waals surface area contributed by atoms with Crippen LogP contribution in [0.3, 0.4) is 0 Å². The molecule has 3 aromatic rings. The zero-order valence-electron chi connectivity index (χ0n) is 17.3. The van der Waals surface area contributed by atoms with Crippen LogP contribution in [0.25, 0.3) is 11.4 Å². The highest BCUT2D eigenvalue weighted by Gasteiger charge is 2.31. The second kappa shape index (κ2) is 8.51. The number of ether oxygens (including phenoxy) is 2. The minimum atomic E-state index is -0.145. The SMILES string of the molecule is COc1cc(N2Cc3cnc(-c4ccccc4)nc3C2=O)ccc1OCCN(C)C.